The van der Waals surface area contributed by atoms with Crippen molar-refractivity contribution >= 4 is 5.91 Å². The number of nitrogens with one attached hydrogen (secondary N) is 1. The van der Waals surface area contributed by atoms with E-state index in [2.05, 4.69) is 19.2 Å². The van der Waals surface area contributed by atoms with Crippen LogP contribution in [0.25, 0.3) is 0 Å². The molecule has 0 aromatic heterocycles. The van der Waals surface area contributed by atoms with Gasteiger partial charge < -0.3 is 10.1 Å². The van der Waals surface area contributed by atoms with Gasteiger partial charge in [0.1, 0.15) is 6.10 Å². The van der Waals surface area contributed by atoms with Gasteiger partial charge in [-0.3, -0.25) is 4.79 Å². The number of morpholine rings is 1. The molecule has 0 saturated carbocycles. The van der Waals surface area contributed by atoms with Crippen LogP contribution in [-0.4, -0.2) is 24.7 Å². The second-order valence-electron chi connectivity index (χ2n) is 4.83. The number of hydrogen-bond donors (Lipinski definition) is 1. The average Bonchev–Trinajstić information content (AvgIpc) is 2.01. The van der Waals surface area contributed by atoms with Gasteiger partial charge in [-0.05, 0) is 18.3 Å². The Bertz CT molecular complexity index is 201. The van der Waals surface area contributed by atoms with Gasteiger partial charge in [0, 0.05) is 0 Å². The molecule has 1 fully saturated rings. The molecule has 1 amide bonds. The maximum absolute atomic E-state index is 11.6. The lowest BCUT2D eigenvalue weighted by Gasteiger charge is -2.32. The van der Waals surface area contributed by atoms with Gasteiger partial charge in [0.05, 0.1) is 12.6 Å². The van der Waals surface area contributed by atoms with Gasteiger partial charge in [0.15, 0.2) is 0 Å². The highest BCUT2D eigenvalue weighted by Gasteiger charge is 2.30. The Labute approximate surface area is 86.2 Å². The molecule has 82 valence electrons. The van der Waals surface area contributed by atoms with Crippen LogP contribution in [0.1, 0.15) is 34.1 Å². The van der Waals surface area contributed by atoms with Gasteiger partial charge in [-0.25, -0.2) is 0 Å². The van der Waals surface area contributed by atoms with Crippen molar-refractivity contribution in [3.05, 3.63) is 0 Å². The third-order valence-electron chi connectivity index (χ3n) is 2.44. The molecule has 0 aromatic carbocycles. The number of hydrogen-bond acceptors (Lipinski definition) is 2. The smallest absolute Gasteiger partial charge is 0.249 e. The fraction of sp³-hybridized carbons (Fsp3) is 0.909. The number of carbonyl (C=O) groups excluding carboxylic acids is 1. The highest BCUT2D eigenvalue weighted by molar-refractivity contribution is 5.81. The van der Waals surface area contributed by atoms with Crippen molar-refractivity contribution in [3.8, 4) is 0 Å². The molecule has 3 nitrogen and oxygen atoms in total. The SMILES string of the molecule is CC(C)C[C@@H]1CO[C@H](C(C)C)C(=O)N1. The minimum absolute atomic E-state index is 0.0527. The van der Waals surface area contributed by atoms with Crippen LogP contribution in [0.15, 0.2) is 0 Å². The van der Waals surface area contributed by atoms with Gasteiger partial charge in [-0.1, -0.05) is 27.7 Å². The zero-order valence-electron chi connectivity index (χ0n) is 9.54. The lowest BCUT2D eigenvalue weighted by molar-refractivity contribution is -0.144. The normalized spacial score (nSPS) is 28.3. The molecule has 0 spiro atoms. The monoisotopic (exact) mass is 199 g/mol. The van der Waals surface area contributed by atoms with Crippen LogP contribution in [-0.2, 0) is 9.53 Å². The van der Waals surface area contributed by atoms with Crippen LogP contribution in [0.5, 0.6) is 0 Å². The standard InChI is InChI=1S/C11H21NO2/c1-7(2)5-9-6-14-10(8(3)4)11(13)12-9/h7-10H,5-6H2,1-4H3,(H,12,13)/t9-,10-/m1/s1. The van der Waals surface area contributed by atoms with Crippen molar-refractivity contribution in [1.29, 1.82) is 0 Å². The van der Waals surface area contributed by atoms with E-state index in [4.69, 9.17) is 4.74 Å². The molecule has 0 aliphatic carbocycles. The summed E-state index contributed by atoms with van der Waals surface area (Å²) in [6, 6.07) is 0.206. The van der Waals surface area contributed by atoms with Gasteiger partial charge in [0.2, 0.25) is 5.91 Å². The zero-order valence-corrected chi connectivity index (χ0v) is 9.54. The molecule has 3 heteroatoms. The summed E-state index contributed by atoms with van der Waals surface area (Å²) in [6.45, 7) is 8.98. The first-order valence-electron chi connectivity index (χ1n) is 5.42. The summed E-state index contributed by atoms with van der Waals surface area (Å²) in [7, 11) is 0. The van der Waals surface area contributed by atoms with Gasteiger partial charge in [-0.15, -0.1) is 0 Å². The van der Waals surface area contributed by atoms with Crippen molar-refractivity contribution in [1.82, 2.24) is 5.32 Å². The van der Waals surface area contributed by atoms with Crippen molar-refractivity contribution < 1.29 is 9.53 Å². The van der Waals surface area contributed by atoms with Crippen LogP contribution in [0, 0.1) is 11.8 Å². The summed E-state index contributed by atoms with van der Waals surface area (Å²) in [5, 5.41) is 3.02. The predicted octanol–water partition coefficient (Wildman–Crippen LogP) is 1.57. The molecule has 1 saturated heterocycles. The molecular formula is C11H21NO2. The Kier molecular flexibility index (Phi) is 3.93. The molecule has 14 heavy (non-hydrogen) atoms. The summed E-state index contributed by atoms with van der Waals surface area (Å²) in [4.78, 5) is 11.6. The van der Waals surface area contributed by atoms with E-state index in [-0.39, 0.29) is 24.0 Å². The van der Waals surface area contributed by atoms with Crippen molar-refractivity contribution in [3.63, 3.8) is 0 Å². The first-order valence-corrected chi connectivity index (χ1v) is 5.42. The first-order chi connectivity index (χ1) is 6.50. The van der Waals surface area contributed by atoms with E-state index in [1.165, 1.54) is 0 Å². The Morgan fingerprint density at radius 2 is 2.07 bits per heavy atom. The van der Waals surface area contributed by atoms with E-state index in [0.29, 0.717) is 12.5 Å². The highest BCUT2D eigenvalue weighted by atomic mass is 16.5. The molecule has 1 N–H and O–H groups in total. The molecule has 2 atom stereocenters. The fourth-order valence-corrected chi connectivity index (χ4v) is 1.81. The van der Waals surface area contributed by atoms with Crippen LogP contribution in [0.3, 0.4) is 0 Å². The number of rotatable bonds is 3. The van der Waals surface area contributed by atoms with Crippen LogP contribution >= 0.6 is 0 Å². The van der Waals surface area contributed by atoms with E-state index < -0.39 is 0 Å². The maximum Gasteiger partial charge on any atom is 0.249 e. The minimum Gasteiger partial charge on any atom is -0.366 e. The second kappa shape index (κ2) is 4.78. The zero-order chi connectivity index (χ0) is 10.7. The van der Waals surface area contributed by atoms with E-state index in [1.54, 1.807) is 0 Å². The molecule has 0 unspecified atom stereocenters. The summed E-state index contributed by atoms with van der Waals surface area (Å²) in [5.74, 6) is 0.909. The van der Waals surface area contributed by atoms with Gasteiger partial charge in [0.25, 0.3) is 0 Å². The summed E-state index contributed by atoms with van der Waals surface area (Å²) < 4.78 is 5.55. The number of amides is 1. The lowest BCUT2D eigenvalue weighted by Crippen LogP contribution is -2.53. The second-order valence-corrected chi connectivity index (χ2v) is 4.83. The van der Waals surface area contributed by atoms with Crippen molar-refractivity contribution in [2.45, 2.75) is 46.3 Å². The van der Waals surface area contributed by atoms with E-state index >= 15 is 0 Å². The molecule has 0 radical (unpaired) electrons. The van der Waals surface area contributed by atoms with Crippen molar-refractivity contribution in [2.24, 2.45) is 11.8 Å². The summed E-state index contributed by atoms with van der Waals surface area (Å²) in [5.41, 5.74) is 0. The topological polar surface area (TPSA) is 38.3 Å². The molecule has 1 aliphatic rings. The third kappa shape index (κ3) is 2.98. The fourth-order valence-electron chi connectivity index (χ4n) is 1.81. The highest BCUT2D eigenvalue weighted by Crippen LogP contribution is 2.15. The third-order valence-corrected chi connectivity index (χ3v) is 2.44. The number of ether oxygens (including phenoxy) is 1. The quantitative estimate of drug-likeness (QED) is 0.749. The average molecular weight is 199 g/mol. The summed E-state index contributed by atoms with van der Waals surface area (Å²) in [6.07, 6.45) is 0.745. The summed E-state index contributed by atoms with van der Waals surface area (Å²) >= 11 is 0. The molecule has 0 bridgehead atoms. The van der Waals surface area contributed by atoms with E-state index in [1.807, 2.05) is 13.8 Å². The predicted molar refractivity (Wildman–Crippen MR) is 56.0 cm³/mol. The molecule has 1 heterocycles. The van der Waals surface area contributed by atoms with Crippen LogP contribution in [0.4, 0.5) is 0 Å². The van der Waals surface area contributed by atoms with E-state index in [0.717, 1.165) is 6.42 Å². The molecule has 1 rings (SSSR count). The lowest BCUT2D eigenvalue weighted by atomic mass is 10.00. The Morgan fingerprint density at radius 3 is 2.50 bits per heavy atom. The van der Waals surface area contributed by atoms with Gasteiger partial charge in [-0.2, -0.15) is 0 Å². The largest absolute Gasteiger partial charge is 0.366 e. The van der Waals surface area contributed by atoms with Gasteiger partial charge >= 0.3 is 0 Å². The molecule has 0 aromatic rings. The Balaban J connectivity index is 2.43. The molecule has 1 aliphatic heterocycles. The Hall–Kier alpha value is -0.570. The number of carbonyl (C=O) groups is 1. The Morgan fingerprint density at radius 1 is 1.43 bits per heavy atom. The van der Waals surface area contributed by atoms with E-state index in [9.17, 15) is 4.79 Å². The van der Waals surface area contributed by atoms with Crippen molar-refractivity contribution in [2.75, 3.05) is 6.61 Å². The molecular weight excluding hydrogens is 178 g/mol. The maximum atomic E-state index is 11.6. The minimum atomic E-state index is -0.251. The van der Waals surface area contributed by atoms with Crippen LogP contribution in [0.2, 0.25) is 0 Å². The van der Waals surface area contributed by atoms with Crippen LogP contribution < -0.4 is 5.32 Å². The first kappa shape index (κ1) is 11.5.